The fourth-order valence-corrected chi connectivity index (χ4v) is 2.13. The molecule has 1 unspecified atom stereocenters. The van der Waals surface area contributed by atoms with E-state index in [4.69, 9.17) is 5.11 Å². The van der Waals surface area contributed by atoms with E-state index >= 15 is 0 Å². The number of hydrogen-bond acceptors (Lipinski definition) is 4. The van der Waals surface area contributed by atoms with Gasteiger partial charge in [0.2, 0.25) is 0 Å². The first-order chi connectivity index (χ1) is 7.48. The van der Waals surface area contributed by atoms with Crippen molar-refractivity contribution in [1.29, 1.82) is 0 Å². The zero-order chi connectivity index (χ0) is 12.2. The van der Waals surface area contributed by atoms with E-state index in [-0.39, 0.29) is 13.0 Å². The van der Waals surface area contributed by atoms with Crippen molar-refractivity contribution in [3.8, 4) is 0 Å². The normalized spacial score (nSPS) is 20.4. The number of aliphatic carboxylic acids is 1. The number of carbonyl (C=O) groups is 2. The Bertz CT molecular complexity index is 268. The number of hydrogen-bond donors (Lipinski definition) is 2. The van der Waals surface area contributed by atoms with Gasteiger partial charge in [0.15, 0.2) is 5.92 Å². The lowest BCUT2D eigenvalue weighted by Crippen LogP contribution is -2.36. The third-order valence-electron chi connectivity index (χ3n) is 2.99. The minimum absolute atomic E-state index is 0.0405. The summed E-state index contributed by atoms with van der Waals surface area (Å²) >= 11 is 0. The molecule has 1 saturated carbocycles. The van der Waals surface area contributed by atoms with Crippen molar-refractivity contribution in [2.75, 3.05) is 6.61 Å². The number of aliphatic hydroxyl groups is 1. The summed E-state index contributed by atoms with van der Waals surface area (Å²) in [6, 6.07) is 0. The molecule has 5 heteroatoms. The Hall–Kier alpha value is -1.10. The van der Waals surface area contributed by atoms with E-state index < -0.39 is 23.5 Å². The van der Waals surface area contributed by atoms with Crippen molar-refractivity contribution in [1.82, 2.24) is 0 Å². The Kier molecular flexibility index (Phi) is 4.29. The van der Waals surface area contributed by atoms with Crippen molar-refractivity contribution in [2.24, 2.45) is 5.92 Å². The molecule has 1 fully saturated rings. The van der Waals surface area contributed by atoms with E-state index in [1.807, 2.05) is 0 Å². The quantitative estimate of drug-likeness (QED) is 0.542. The maximum Gasteiger partial charge on any atom is 0.320 e. The van der Waals surface area contributed by atoms with E-state index in [1.54, 1.807) is 6.92 Å². The summed E-state index contributed by atoms with van der Waals surface area (Å²) in [6.07, 6.45) is 2.85. The van der Waals surface area contributed by atoms with Crippen LogP contribution in [0.5, 0.6) is 0 Å². The van der Waals surface area contributed by atoms with E-state index in [1.165, 1.54) is 0 Å². The van der Waals surface area contributed by atoms with Gasteiger partial charge in [-0.1, -0.05) is 12.8 Å². The van der Waals surface area contributed by atoms with Gasteiger partial charge in [-0.2, -0.15) is 0 Å². The number of carboxylic acids is 1. The number of esters is 1. The molecule has 0 bridgehead atoms. The van der Waals surface area contributed by atoms with Crippen molar-refractivity contribution in [2.45, 2.75) is 44.6 Å². The predicted octanol–water partition coefficient (Wildman–Crippen LogP) is 0.946. The minimum Gasteiger partial charge on any atom is -0.481 e. The molecule has 1 aliphatic carbocycles. The maximum atomic E-state index is 11.4. The van der Waals surface area contributed by atoms with Gasteiger partial charge in [-0.25, -0.2) is 0 Å². The highest BCUT2D eigenvalue weighted by molar-refractivity contribution is 5.94. The lowest BCUT2D eigenvalue weighted by atomic mass is 9.89. The van der Waals surface area contributed by atoms with Crippen LogP contribution in [-0.2, 0) is 14.3 Å². The summed E-state index contributed by atoms with van der Waals surface area (Å²) in [5.41, 5.74) is -1.00. The monoisotopic (exact) mass is 230 g/mol. The van der Waals surface area contributed by atoms with Crippen LogP contribution in [0.2, 0.25) is 0 Å². The number of rotatable bonds is 5. The average Bonchev–Trinajstić information content (AvgIpc) is 2.62. The molecule has 0 spiro atoms. The third-order valence-corrected chi connectivity index (χ3v) is 2.99. The molecule has 0 amide bonds. The van der Waals surface area contributed by atoms with Crippen molar-refractivity contribution in [3.63, 3.8) is 0 Å². The van der Waals surface area contributed by atoms with Gasteiger partial charge in [0.1, 0.15) is 0 Å². The van der Waals surface area contributed by atoms with E-state index in [2.05, 4.69) is 4.74 Å². The molecule has 0 aromatic rings. The standard InChI is InChI=1S/C11H18O5/c1-2-16-10(14)8(9(12)13)7-11(15)5-3-4-6-11/h8,15H,2-7H2,1H3,(H,12,13). The van der Waals surface area contributed by atoms with Crippen molar-refractivity contribution in [3.05, 3.63) is 0 Å². The molecule has 0 aliphatic heterocycles. The first-order valence-corrected chi connectivity index (χ1v) is 5.60. The van der Waals surface area contributed by atoms with Crippen LogP contribution < -0.4 is 0 Å². The second kappa shape index (κ2) is 5.30. The summed E-state index contributed by atoms with van der Waals surface area (Å²) in [5, 5.41) is 19.0. The van der Waals surface area contributed by atoms with Crippen LogP contribution in [0.15, 0.2) is 0 Å². The van der Waals surface area contributed by atoms with E-state index in [0.717, 1.165) is 12.8 Å². The largest absolute Gasteiger partial charge is 0.481 e. The molecule has 16 heavy (non-hydrogen) atoms. The highest BCUT2D eigenvalue weighted by Gasteiger charge is 2.40. The first-order valence-electron chi connectivity index (χ1n) is 5.60. The van der Waals surface area contributed by atoms with Gasteiger partial charge < -0.3 is 14.9 Å². The third kappa shape index (κ3) is 3.20. The van der Waals surface area contributed by atoms with Gasteiger partial charge in [-0.05, 0) is 19.8 Å². The molecule has 0 saturated heterocycles. The molecule has 2 N–H and O–H groups in total. The average molecular weight is 230 g/mol. The number of carbonyl (C=O) groups excluding carboxylic acids is 1. The summed E-state index contributed by atoms with van der Waals surface area (Å²) < 4.78 is 4.69. The zero-order valence-corrected chi connectivity index (χ0v) is 9.44. The Morgan fingerprint density at radius 3 is 2.38 bits per heavy atom. The minimum atomic E-state index is -1.25. The molecule has 1 rings (SSSR count). The summed E-state index contributed by atoms with van der Waals surface area (Å²) in [4.78, 5) is 22.3. The summed E-state index contributed by atoms with van der Waals surface area (Å²) in [5.74, 6) is -3.22. The van der Waals surface area contributed by atoms with Gasteiger partial charge in [0.05, 0.1) is 12.2 Å². The fraction of sp³-hybridized carbons (Fsp3) is 0.818. The van der Waals surface area contributed by atoms with E-state index in [0.29, 0.717) is 12.8 Å². The van der Waals surface area contributed by atoms with Crippen LogP contribution in [-0.4, -0.2) is 34.4 Å². The van der Waals surface area contributed by atoms with Crippen LogP contribution in [0.4, 0.5) is 0 Å². The summed E-state index contributed by atoms with van der Waals surface area (Å²) in [6.45, 7) is 1.78. The Morgan fingerprint density at radius 1 is 1.38 bits per heavy atom. The van der Waals surface area contributed by atoms with E-state index in [9.17, 15) is 14.7 Å². The second-order valence-corrected chi connectivity index (χ2v) is 4.28. The maximum absolute atomic E-state index is 11.4. The molecular weight excluding hydrogens is 212 g/mol. The van der Waals surface area contributed by atoms with Crippen LogP contribution in [0.1, 0.15) is 39.0 Å². The molecular formula is C11H18O5. The Morgan fingerprint density at radius 2 is 1.94 bits per heavy atom. The van der Waals surface area contributed by atoms with Crippen molar-refractivity contribution >= 4 is 11.9 Å². The molecule has 5 nitrogen and oxygen atoms in total. The molecule has 0 aromatic carbocycles. The topological polar surface area (TPSA) is 83.8 Å². The smallest absolute Gasteiger partial charge is 0.320 e. The van der Waals surface area contributed by atoms with Gasteiger partial charge in [0.25, 0.3) is 0 Å². The zero-order valence-electron chi connectivity index (χ0n) is 9.44. The Balaban J connectivity index is 2.64. The van der Waals surface area contributed by atoms with Gasteiger partial charge in [0, 0.05) is 6.42 Å². The highest BCUT2D eigenvalue weighted by atomic mass is 16.5. The molecule has 1 aliphatic rings. The molecule has 1 atom stereocenters. The van der Waals surface area contributed by atoms with Gasteiger partial charge >= 0.3 is 11.9 Å². The molecule has 0 heterocycles. The lowest BCUT2D eigenvalue weighted by Gasteiger charge is -2.24. The van der Waals surface area contributed by atoms with Crippen LogP contribution in [0.25, 0.3) is 0 Å². The van der Waals surface area contributed by atoms with Crippen LogP contribution in [0.3, 0.4) is 0 Å². The molecule has 92 valence electrons. The molecule has 0 radical (unpaired) electrons. The van der Waals surface area contributed by atoms with Crippen molar-refractivity contribution < 1.29 is 24.5 Å². The highest BCUT2D eigenvalue weighted by Crippen LogP contribution is 2.35. The predicted molar refractivity (Wildman–Crippen MR) is 55.8 cm³/mol. The SMILES string of the molecule is CCOC(=O)C(CC1(O)CCCC1)C(=O)O. The summed E-state index contributed by atoms with van der Waals surface area (Å²) in [7, 11) is 0. The number of carboxylic acid groups (broad SMARTS) is 1. The second-order valence-electron chi connectivity index (χ2n) is 4.28. The van der Waals surface area contributed by atoms with Gasteiger partial charge in [-0.3, -0.25) is 9.59 Å². The van der Waals surface area contributed by atoms with Crippen LogP contribution in [0, 0.1) is 5.92 Å². The Labute approximate surface area is 94.4 Å². The first kappa shape index (κ1) is 13.0. The van der Waals surface area contributed by atoms with Gasteiger partial charge in [-0.15, -0.1) is 0 Å². The fourth-order valence-electron chi connectivity index (χ4n) is 2.13. The van der Waals surface area contributed by atoms with Crippen LogP contribution >= 0.6 is 0 Å². The lowest BCUT2D eigenvalue weighted by molar-refractivity contribution is -0.161. The molecule has 0 aromatic heterocycles. The number of ether oxygens (including phenoxy) is 1.